The van der Waals surface area contributed by atoms with Gasteiger partial charge in [0.2, 0.25) is 14.2 Å². The molecule has 17 heavy (non-hydrogen) atoms. The molecule has 0 aliphatic carbocycles. The first-order chi connectivity index (χ1) is 7.52. The molecule has 98 valence electrons. The average molecular weight is 273 g/mol. The van der Waals surface area contributed by atoms with Crippen molar-refractivity contribution in [2.45, 2.75) is 58.2 Å². The first kappa shape index (κ1) is 14.4. The summed E-state index contributed by atoms with van der Waals surface area (Å²) in [5.74, 6) is -0.0841. The maximum atomic E-state index is 12.1. The zero-order chi connectivity index (χ0) is 13.4. The highest BCUT2D eigenvalue weighted by Gasteiger charge is 2.44. The van der Waals surface area contributed by atoms with E-state index in [9.17, 15) is 9.59 Å². The number of hydrogen-bond acceptors (Lipinski definition) is 3. The normalized spacial score (nSPS) is 21.9. The summed E-state index contributed by atoms with van der Waals surface area (Å²) < 4.78 is 7.34. The summed E-state index contributed by atoms with van der Waals surface area (Å²) in [5.41, 5.74) is 0. The van der Waals surface area contributed by atoms with E-state index in [1.807, 2.05) is 24.2 Å². The largest absolute Gasteiger partial charge is 0.518 e. The van der Waals surface area contributed by atoms with Gasteiger partial charge in [-0.1, -0.05) is 19.6 Å². The van der Waals surface area contributed by atoms with Gasteiger partial charge in [0, 0.05) is 6.42 Å². The van der Waals surface area contributed by atoms with Crippen molar-refractivity contribution in [1.82, 2.24) is 4.57 Å². The highest BCUT2D eigenvalue weighted by Crippen LogP contribution is 2.27. The lowest BCUT2D eigenvalue weighted by molar-refractivity contribution is -0.141. The number of hydrogen-bond donors (Lipinski definition) is 0. The second kappa shape index (κ2) is 4.57. The van der Waals surface area contributed by atoms with Gasteiger partial charge in [-0.05, 0) is 26.1 Å². The first-order valence-corrected chi connectivity index (χ1v) is 12.9. The van der Waals surface area contributed by atoms with Crippen LogP contribution in [0.3, 0.4) is 0 Å². The summed E-state index contributed by atoms with van der Waals surface area (Å²) in [6.07, 6.45) is 1.10. The molecule has 0 aromatic heterocycles. The Morgan fingerprint density at radius 1 is 1.24 bits per heavy atom. The molecule has 0 unspecified atom stereocenters. The highest BCUT2D eigenvalue weighted by atomic mass is 28.4. The van der Waals surface area contributed by atoms with E-state index >= 15 is 0 Å². The van der Waals surface area contributed by atoms with Gasteiger partial charge >= 0.3 is 5.97 Å². The Labute approximate surface area is 106 Å². The summed E-state index contributed by atoms with van der Waals surface area (Å²) in [7, 11) is -3.66. The molecule has 1 fully saturated rings. The van der Waals surface area contributed by atoms with Gasteiger partial charge in [-0.2, -0.15) is 0 Å². The minimum atomic E-state index is -1.87. The summed E-state index contributed by atoms with van der Waals surface area (Å²) in [6.45, 7) is 12.2. The van der Waals surface area contributed by atoms with Crippen molar-refractivity contribution in [2.24, 2.45) is 0 Å². The molecule has 0 bridgehead atoms. The van der Waals surface area contributed by atoms with E-state index in [1.54, 1.807) is 0 Å². The number of carbonyl (C=O) groups excluding carboxylic acids is 2. The van der Waals surface area contributed by atoms with E-state index in [0.29, 0.717) is 12.8 Å². The fraction of sp³-hybridized carbons (Fsp3) is 0.818. The number of carbonyl (C=O) groups is 2. The monoisotopic (exact) mass is 273 g/mol. The van der Waals surface area contributed by atoms with Crippen molar-refractivity contribution < 1.29 is 14.0 Å². The second-order valence-electron chi connectivity index (χ2n) is 6.52. The number of rotatable bonds is 3. The van der Waals surface area contributed by atoms with Gasteiger partial charge in [-0.25, -0.2) is 0 Å². The topological polar surface area (TPSA) is 46.6 Å². The zero-order valence-corrected chi connectivity index (χ0v) is 13.7. The Balaban J connectivity index is 2.84. The lowest BCUT2D eigenvalue weighted by Crippen LogP contribution is -2.54. The Kier molecular flexibility index (Phi) is 3.88. The van der Waals surface area contributed by atoms with Crippen molar-refractivity contribution in [1.29, 1.82) is 0 Å². The van der Waals surface area contributed by atoms with Gasteiger partial charge < -0.3 is 8.99 Å². The molecule has 1 amide bonds. The van der Waals surface area contributed by atoms with Crippen LogP contribution in [0.1, 0.15) is 12.8 Å². The average Bonchev–Trinajstić information content (AvgIpc) is 2.42. The molecule has 0 spiro atoms. The molecule has 0 saturated carbocycles. The van der Waals surface area contributed by atoms with Crippen molar-refractivity contribution in [3.05, 3.63) is 0 Å². The quantitative estimate of drug-likeness (QED) is 0.741. The van der Waals surface area contributed by atoms with Gasteiger partial charge in [-0.3, -0.25) is 9.59 Å². The van der Waals surface area contributed by atoms with Gasteiger partial charge in [-0.15, -0.1) is 0 Å². The molecule has 1 atom stereocenters. The van der Waals surface area contributed by atoms with Gasteiger partial charge in [0.1, 0.15) is 6.04 Å². The minimum absolute atomic E-state index is 0.113. The summed E-state index contributed by atoms with van der Waals surface area (Å²) in [6, 6.07) is -0.333. The van der Waals surface area contributed by atoms with Crippen LogP contribution in [0.2, 0.25) is 39.3 Å². The molecule has 1 heterocycles. The molecule has 4 nitrogen and oxygen atoms in total. The lowest BCUT2D eigenvalue weighted by atomic mass is 10.2. The molecular formula is C11H23NO3Si2. The van der Waals surface area contributed by atoms with E-state index in [2.05, 4.69) is 19.6 Å². The van der Waals surface area contributed by atoms with Crippen LogP contribution in [0.15, 0.2) is 0 Å². The van der Waals surface area contributed by atoms with Crippen LogP contribution in [-0.2, 0) is 14.0 Å². The van der Waals surface area contributed by atoms with Gasteiger partial charge in [0.15, 0.2) is 8.24 Å². The predicted molar refractivity (Wildman–Crippen MR) is 72.7 cm³/mol. The Morgan fingerprint density at radius 2 is 1.76 bits per heavy atom. The summed E-state index contributed by atoms with van der Waals surface area (Å²) >= 11 is 0. The van der Waals surface area contributed by atoms with E-state index in [0.717, 1.165) is 0 Å². The SMILES string of the molecule is C[Si](C)(C)OC(=O)[C@H]1CCC(=O)N1[Si](C)(C)C. The Morgan fingerprint density at radius 3 is 2.18 bits per heavy atom. The molecule has 0 aromatic rings. The lowest BCUT2D eigenvalue weighted by Gasteiger charge is -2.35. The molecule has 1 aliphatic rings. The Bertz CT molecular complexity index is 331. The van der Waals surface area contributed by atoms with E-state index in [-0.39, 0.29) is 17.9 Å². The smallest absolute Gasteiger partial charge is 0.314 e. The van der Waals surface area contributed by atoms with Crippen LogP contribution in [0.4, 0.5) is 0 Å². The second-order valence-corrected chi connectivity index (χ2v) is 15.8. The summed E-state index contributed by atoms with van der Waals surface area (Å²) in [4.78, 5) is 24.0. The van der Waals surface area contributed by atoms with Crippen LogP contribution in [0, 0.1) is 0 Å². The standard InChI is InChI=1S/C11H23NO3Si2/c1-16(2,3)12-9(7-8-10(12)13)11(14)15-17(4,5)6/h9H,7-8H2,1-6H3/t9-/m1/s1. The predicted octanol–water partition coefficient (Wildman–Crippen LogP) is 2.19. The maximum Gasteiger partial charge on any atom is 0.314 e. The minimum Gasteiger partial charge on any atom is -0.518 e. The van der Waals surface area contributed by atoms with E-state index < -0.39 is 16.6 Å². The first-order valence-electron chi connectivity index (χ1n) is 6.07. The molecule has 1 saturated heterocycles. The van der Waals surface area contributed by atoms with Crippen molar-refractivity contribution >= 4 is 28.4 Å². The van der Waals surface area contributed by atoms with E-state index in [4.69, 9.17) is 4.43 Å². The molecule has 1 aliphatic heterocycles. The van der Waals surface area contributed by atoms with Gasteiger partial charge in [0.05, 0.1) is 0 Å². The number of amides is 1. The van der Waals surface area contributed by atoms with Crippen molar-refractivity contribution in [2.75, 3.05) is 0 Å². The van der Waals surface area contributed by atoms with Crippen LogP contribution in [0.5, 0.6) is 0 Å². The van der Waals surface area contributed by atoms with Crippen LogP contribution >= 0.6 is 0 Å². The highest BCUT2D eigenvalue weighted by molar-refractivity contribution is 6.76. The molecule has 1 rings (SSSR count). The molecule has 6 heteroatoms. The molecule has 0 aromatic carbocycles. The van der Waals surface area contributed by atoms with Crippen LogP contribution in [0.25, 0.3) is 0 Å². The molecular weight excluding hydrogens is 250 g/mol. The third-order valence-electron chi connectivity index (χ3n) is 2.61. The summed E-state index contributed by atoms with van der Waals surface area (Å²) in [5, 5.41) is 0. The molecule has 0 N–H and O–H groups in total. The number of nitrogens with zero attached hydrogens (tertiary/aromatic N) is 1. The Hall–Kier alpha value is -0.626. The van der Waals surface area contributed by atoms with Crippen molar-refractivity contribution in [3.63, 3.8) is 0 Å². The zero-order valence-electron chi connectivity index (χ0n) is 11.7. The van der Waals surface area contributed by atoms with Gasteiger partial charge in [0.25, 0.3) is 0 Å². The third kappa shape index (κ3) is 3.67. The van der Waals surface area contributed by atoms with E-state index in [1.165, 1.54) is 0 Å². The van der Waals surface area contributed by atoms with Crippen LogP contribution < -0.4 is 0 Å². The third-order valence-corrected chi connectivity index (χ3v) is 5.43. The maximum absolute atomic E-state index is 12.1. The fourth-order valence-corrected chi connectivity index (χ4v) is 4.89. The molecule has 0 radical (unpaired) electrons. The van der Waals surface area contributed by atoms with Crippen LogP contribution in [-0.4, -0.2) is 39.0 Å². The fourth-order valence-electron chi connectivity index (χ4n) is 2.12. The van der Waals surface area contributed by atoms with Crippen molar-refractivity contribution in [3.8, 4) is 0 Å².